The molecule has 4 aliphatic rings. The molecule has 0 bridgehead atoms. The smallest absolute Gasteiger partial charge is 0.331 e. The summed E-state index contributed by atoms with van der Waals surface area (Å²) in [7, 11) is 0. The van der Waals surface area contributed by atoms with E-state index in [1.54, 1.807) is 26.0 Å². The second-order valence-corrected chi connectivity index (χ2v) is 12.4. The summed E-state index contributed by atoms with van der Waals surface area (Å²) in [5, 5.41) is 12.8. The number of aliphatic hydroxyl groups is 1. The van der Waals surface area contributed by atoms with Crippen molar-refractivity contribution in [1.29, 1.82) is 0 Å². The third kappa shape index (κ3) is 4.68. The van der Waals surface area contributed by atoms with Crippen molar-refractivity contribution in [2.24, 2.45) is 35.0 Å². The quantitative estimate of drug-likeness (QED) is 0.154. The highest BCUT2D eigenvalue weighted by Gasteiger charge is 2.87. The summed E-state index contributed by atoms with van der Waals surface area (Å²) < 4.78 is 17.5. The number of fused-ring (bicyclic) bond motifs is 5. The zero-order valence-corrected chi connectivity index (χ0v) is 24.6. The van der Waals surface area contributed by atoms with Gasteiger partial charge in [0.25, 0.3) is 0 Å². The van der Waals surface area contributed by atoms with Crippen molar-refractivity contribution in [3.05, 3.63) is 47.6 Å². The maximum absolute atomic E-state index is 13.3. The highest BCUT2D eigenvalue weighted by atomic mass is 16.6. The van der Waals surface area contributed by atoms with E-state index in [1.807, 2.05) is 32.1 Å². The van der Waals surface area contributed by atoms with E-state index in [1.165, 1.54) is 19.9 Å². The minimum absolute atomic E-state index is 0.00825. The Morgan fingerprint density at radius 1 is 1.10 bits per heavy atom. The van der Waals surface area contributed by atoms with Gasteiger partial charge in [-0.25, -0.2) is 4.79 Å². The molecule has 40 heavy (non-hydrogen) atoms. The lowest BCUT2D eigenvalue weighted by atomic mass is 9.60. The number of allylic oxidation sites excluding steroid dienone is 4. The molecule has 2 fully saturated rings. The van der Waals surface area contributed by atoms with Crippen molar-refractivity contribution in [2.75, 3.05) is 6.61 Å². The van der Waals surface area contributed by atoms with Crippen LogP contribution in [0.3, 0.4) is 0 Å². The molecule has 0 aromatic carbocycles. The first-order valence-corrected chi connectivity index (χ1v) is 14.2. The van der Waals surface area contributed by atoms with E-state index in [-0.39, 0.29) is 12.4 Å². The number of carbonyl (C=O) groups excluding carboxylic acids is 4. The fourth-order valence-electron chi connectivity index (χ4n) is 7.82. The molecule has 4 rings (SSSR count). The van der Waals surface area contributed by atoms with E-state index >= 15 is 0 Å². The average molecular weight is 555 g/mol. The van der Waals surface area contributed by atoms with Crippen LogP contribution in [0.25, 0.3) is 0 Å². The fraction of sp³-hybridized carbons (Fsp3) is 0.625. The molecule has 218 valence electrons. The largest absolute Gasteiger partial charge is 0.461 e. The van der Waals surface area contributed by atoms with Crippen LogP contribution < -0.4 is 0 Å². The molecule has 8 heteroatoms. The van der Waals surface area contributed by atoms with E-state index in [0.29, 0.717) is 12.0 Å². The van der Waals surface area contributed by atoms with E-state index in [2.05, 4.69) is 6.92 Å². The normalized spacial score (nSPS) is 37.5. The van der Waals surface area contributed by atoms with Gasteiger partial charge >= 0.3 is 17.9 Å². The van der Waals surface area contributed by atoms with Crippen molar-refractivity contribution in [3.8, 4) is 0 Å². The van der Waals surface area contributed by atoms with Crippen LogP contribution in [-0.2, 0) is 33.4 Å². The Kier molecular flexibility index (Phi) is 8.07. The lowest BCUT2D eigenvalue weighted by Crippen LogP contribution is -2.63. The van der Waals surface area contributed by atoms with Crippen molar-refractivity contribution in [3.63, 3.8) is 0 Å². The van der Waals surface area contributed by atoms with Gasteiger partial charge in [-0.05, 0) is 30.9 Å². The minimum Gasteiger partial charge on any atom is -0.461 e. The average Bonchev–Trinajstić information content (AvgIpc) is 3.26. The van der Waals surface area contributed by atoms with Crippen LogP contribution in [0.4, 0.5) is 0 Å². The third-order valence-corrected chi connectivity index (χ3v) is 9.63. The van der Waals surface area contributed by atoms with Gasteiger partial charge in [0, 0.05) is 54.9 Å². The van der Waals surface area contributed by atoms with Crippen LogP contribution in [0.1, 0.15) is 67.7 Å². The number of ether oxygens (including phenoxy) is 3. The van der Waals surface area contributed by atoms with E-state index in [4.69, 9.17) is 14.2 Å². The van der Waals surface area contributed by atoms with Crippen molar-refractivity contribution >= 4 is 23.7 Å². The van der Waals surface area contributed by atoms with Gasteiger partial charge in [-0.2, -0.15) is 0 Å². The standard InChI is InChI=1S/C32H42O8/c1-8-9-10-11-12-13-26(35)39-29-19(3)31(37)24-14-18(2)27(36)23(24)15-22(17-38-20(4)33)16-25(31)28-30(6,7)32(28,29)40-21(5)34/h10-14,16,19,23-25,28-29,37H,8-9,15,17H2,1-7H3/b11-10+,13-12-/t19-,23+,24-,25-,28+,29+,31-,32-/m1/s1. The first-order chi connectivity index (χ1) is 18.7. The molecule has 0 aromatic heterocycles. The maximum atomic E-state index is 13.3. The molecule has 4 aliphatic carbocycles. The number of rotatable bonds is 8. The third-order valence-electron chi connectivity index (χ3n) is 9.63. The summed E-state index contributed by atoms with van der Waals surface area (Å²) >= 11 is 0. The molecule has 0 heterocycles. The van der Waals surface area contributed by atoms with Crippen molar-refractivity contribution in [1.82, 2.24) is 0 Å². The van der Waals surface area contributed by atoms with Gasteiger partial charge in [-0.1, -0.05) is 64.5 Å². The Morgan fingerprint density at radius 2 is 1.80 bits per heavy atom. The Labute approximate surface area is 236 Å². The molecule has 8 nitrogen and oxygen atoms in total. The fourth-order valence-corrected chi connectivity index (χ4v) is 7.82. The maximum Gasteiger partial charge on any atom is 0.331 e. The number of hydrogen-bond donors (Lipinski definition) is 1. The van der Waals surface area contributed by atoms with Gasteiger partial charge in [0.2, 0.25) is 0 Å². The molecule has 0 unspecified atom stereocenters. The molecule has 0 aromatic rings. The van der Waals surface area contributed by atoms with Crippen molar-refractivity contribution in [2.45, 2.75) is 85.0 Å². The van der Waals surface area contributed by atoms with Crippen LogP contribution in [-0.4, -0.2) is 52.7 Å². The molecule has 1 N–H and O–H groups in total. The number of carbonyl (C=O) groups is 4. The van der Waals surface area contributed by atoms with E-state index in [0.717, 1.165) is 18.4 Å². The van der Waals surface area contributed by atoms with Gasteiger partial charge in [0.15, 0.2) is 11.4 Å². The number of unbranched alkanes of at least 4 members (excludes halogenated alkanes) is 1. The topological polar surface area (TPSA) is 116 Å². The predicted molar refractivity (Wildman–Crippen MR) is 148 cm³/mol. The van der Waals surface area contributed by atoms with Crippen LogP contribution in [0.2, 0.25) is 0 Å². The van der Waals surface area contributed by atoms with Crippen LogP contribution >= 0.6 is 0 Å². The van der Waals surface area contributed by atoms with Gasteiger partial charge in [-0.15, -0.1) is 0 Å². The molecular weight excluding hydrogens is 512 g/mol. The summed E-state index contributed by atoms with van der Waals surface area (Å²) in [5.74, 6) is -4.34. The molecule has 8 atom stereocenters. The second-order valence-electron chi connectivity index (χ2n) is 12.4. The lowest BCUT2D eigenvalue weighted by molar-refractivity contribution is -0.217. The van der Waals surface area contributed by atoms with Gasteiger partial charge in [0.05, 0.1) is 5.60 Å². The first-order valence-electron chi connectivity index (χ1n) is 14.2. The first kappa shape index (κ1) is 30.0. The molecule has 0 aliphatic heterocycles. The Morgan fingerprint density at radius 3 is 2.42 bits per heavy atom. The summed E-state index contributed by atoms with van der Waals surface area (Å²) in [5.41, 5.74) is -2.02. The summed E-state index contributed by atoms with van der Waals surface area (Å²) in [6.07, 6.45) is 11.7. The SMILES string of the molecule is CCC/C=C/C=C\C(=O)O[C@H]1[C@@H](C)[C@@]2(O)[C@@H]3C=C(C)C(=O)[C@H]3CC(COC(C)=O)=C[C@@H]2[C@H]2C(C)(C)[C@]12OC(C)=O. The van der Waals surface area contributed by atoms with Gasteiger partial charge in [-0.3, -0.25) is 14.4 Å². The molecule has 2 saturated carbocycles. The molecule has 0 amide bonds. The number of esters is 3. The molecular formula is C32H42O8. The summed E-state index contributed by atoms with van der Waals surface area (Å²) in [6.45, 7) is 12.2. The highest BCUT2D eigenvalue weighted by Crippen LogP contribution is 2.76. The zero-order valence-electron chi connectivity index (χ0n) is 24.6. The number of hydrogen-bond acceptors (Lipinski definition) is 8. The monoisotopic (exact) mass is 554 g/mol. The molecule has 0 saturated heterocycles. The molecule has 0 radical (unpaired) electrons. The lowest BCUT2D eigenvalue weighted by Gasteiger charge is -2.52. The predicted octanol–water partition coefficient (Wildman–Crippen LogP) is 4.42. The van der Waals surface area contributed by atoms with E-state index in [9.17, 15) is 24.3 Å². The van der Waals surface area contributed by atoms with Crippen LogP contribution in [0.5, 0.6) is 0 Å². The summed E-state index contributed by atoms with van der Waals surface area (Å²) in [6, 6.07) is 0. The van der Waals surface area contributed by atoms with Gasteiger partial charge in [0.1, 0.15) is 12.7 Å². The highest BCUT2D eigenvalue weighted by molar-refractivity contribution is 6.00. The van der Waals surface area contributed by atoms with Gasteiger partial charge < -0.3 is 19.3 Å². The Bertz CT molecular complexity index is 1210. The molecule has 0 spiro atoms. The Hall–Kier alpha value is -3.00. The van der Waals surface area contributed by atoms with Crippen LogP contribution in [0.15, 0.2) is 47.6 Å². The summed E-state index contributed by atoms with van der Waals surface area (Å²) in [4.78, 5) is 50.5. The number of Topliss-reactive ketones (excluding diaryl/α,β-unsaturated/α-hetero) is 1. The second kappa shape index (κ2) is 10.8. The zero-order chi connectivity index (χ0) is 29.6. The van der Waals surface area contributed by atoms with Crippen molar-refractivity contribution < 1.29 is 38.5 Å². The minimum atomic E-state index is -1.49. The number of ketones is 1. The van der Waals surface area contributed by atoms with E-state index < -0.39 is 70.2 Å². The van der Waals surface area contributed by atoms with Crippen LogP contribution in [0, 0.1) is 35.0 Å². The Balaban J connectivity index is 1.81.